The van der Waals surface area contributed by atoms with E-state index in [-0.39, 0.29) is 12.0 Å². The number of aliphatic imine (C=N–C) groups is 1. The summed E-state index contributed by atoms with van der Waals surface area (Å²) in [5.74, 6) is 2.48. The zero-order valence-corrected chi connectivity index (χ0v) is 16.8. The van der Waals surface area contributed by atoms with Gasteiger partial charge in [0.25, 0.3) is 0 Å². The molecule has 2 N–H and O–H groups in total. The highest BCUT2D eigenvalue weighted by Crippen LogP contribution is 2.27. The summed E-state index contributed by atoms with van der Waals surface area (Å²) < 4.78 is 5.36. The van der Waals surface area contributed by atoms with Gasteiger partial charge in [0.1, 0.15) is 6.54 Å². The highest BCUT2D eigenvalue weighted by Gasteiger charge is 2.32. The molecule has 0 radical (unpaired) electrons. The van der Waals surface area contributed by atoms with Crippen molar-refractivity contribution in [2.24, 2.45) is 10.9 Å². The maximum atomic E-state index is 12.6. The highest BCUT2D eigenvalue weighted by atomic mass is 16.5. The van der Waals surface area contributed by atoms with Crippen LogP contribution in [0.25, 0.3) is 0 Å². The third-order valence-electron chi connectivity index (χ3n) is 5.45. The van der Waals surface area contributed by atoms with Gasteiger partial charge in [0.2, 0.25) is 5.91 Å². The van der Waals surface area contributed by atoms with Crippen LogP contribution in [0.2, 0.25) is 0 Å². The van der Waals surface area contributed by atoms with E-state index in [0.29, 0.717) is 18.4 Å². The van der Waals surface area contributed by atoms with Crippen LogP contribution in [0.5, 0.6) is 0 Å². The number of carbonyl (C=O) groups excluding carboxylic acids is 1. The van der Waals surface area contributed by atoms with Crippen molar-refractivity contribution in [3.63, 3.8) is 0 Å². The number of guanidine groups is 1. The standard InChI is InChI=1S/C20H33N5O2/c1-4-21-20(22-12-17-11-18(14(2)3)24-27-17)23-16-9-10-25(13-16)19(26)15-7-5-6-8-15/h11,14-16H,4-10,12-13H2,1-3H3,(H2,21,22,23). The first-order valence-corrected chi connectivity index (χ1v) is 10.4. The molecule has 3 rings (SSSR count). The number of rotatable bonds is 6. The average molecular weight is 376 g/mol. The molecule has 0 bridgehead atoms. The molecule has 0 aromatic carbocycles. The van der Waals surface area contributed by atoms with Gasteiger partial charge >= 0.3 is 0 Å². The van der Waals surface area contributed by atoms with Crippen molar-refractivity contribution in [1.82, 2.24) is 20.7 Å². The Bertz CT molecular complexity index is 649. The molecule has 7 heteroatoms. The van der Waals surface area contributed by atoms with E-state index in [1.807, 2.05) is 17.9 Å². The average Bonchev–Trinajstić information content (AvgIpc) is 3.40. The van der Waals surface area contributed by atoms with E-state index in [0.717, 1.165) is 56.3 Å². The van der Waals surface area contributed by atoms with Crippen molar-refractivity contribution in [2.75, 3.05) is 19.6 Å². The van der Waals surface area contributed by atoms with Gasteiger partial charge in [-0.3, -0.25) is 4.79 Å². The minimum Gasteiger partial charge on any atom is -0.359 e. The molecule has 1 aliphatic heterocycles. The molecule has 1 saturated carbocycles. The number of amides is 1. The highest BCUT2D eigenvalue weighted by molar-refractivity contribution is 5.81. The van der Waals surface area contributed by atoms with Gasteiger partial charge in [-0.15, -0.1) is 0 Å². The first kappa shape index (κ1) is 19.7. The lowest BCUT2D eigenvalue weighted by Crippen LogP contribution is -2.45. The number of hydrogen-bond acceptors (Lipinski definition) is 4. The van der Waals surface area contributed by atoms with Crippen LogP contribution in [-0.2, 0) is 11.3 Å². The van der Waals surface area contributed by atoms with Crippen LogP contribution in [0, 0.1) is 5.92 Å². The zero-order valence-electron chi connectivity index (χ0n) is 16.8. The summed E-state index contributed by atoms with van der Waals surface area (Å²) in [6.45, 7) is 9.08. The number of likely N-dealkylation sites (tertiary alicyclic amines) is 1. The minimum atomic E-state index is 0.245. The Morgan fingerprint density at radius 2 is 2.15 bits per heavy atom. The van der Waals surface area contributed by atoms with Gasteiger partial charge < -0.3 is 20.1 Å². The van der Waals surface area contributed by atoms with Crippen molar-refractivity contribution in [1.29, 1.82) is 0 Å². The summed E-state index contributed by atoms with van der Waals surface area (Å²) in [7, 11) is 0. The van der Waals surface area contributed by atoms with Crippen LogP contribution in [-0.4, -0.2) is 47.6 Å². The predicted octanol–water partition coefficient (Wildman–Crippen LogP) is 2.64. The predicted molar refractivity (Wildman–Crippen MR) is 105 cm³/mol. The second kappa shape index (κ2) is 9.24. The molecule has 1 amide bonds. The van der Waals surface area contributed by atoms with Gasteiger partial charge in [0.15, 0.2) is 11.7 Å². The smallest absolute Gasteiger partial charge is 0.225 e. The monoisotopic (exact) mass is 375 g/mol. The van der Waals surface area contributed by atoms with Crippen molar-refractivity contribution >= 4 is 11.9 Å². The Labute approximate surface area is 162 Å². The SMILES string of the molecule is CCNC(=NCc1cc(C(C)C)no1)NC1CCN(C(=O)C2CCCC2)C1. The summed E-state index contributed by atoms with van der Waals surface area (Å²) in [5, 5.41) is 10.8. The molecule has 27 heavy (non-hydrogen) atoms. The van der Waals surface area contributed by atoms with E-state index in [4.69, 9.17) is 4.52 Å². The number of hydrogen-bond donors (Lipinski definition) is 2. The molecule has 7 nitrogen and oxygen atoms in total. The van der Waals surface area contributed by atoms with Crippen LogP contribution < -0.4 is 10.6 Å². The normalized spacial score (nSPS) is 21.3. The van der Waals surface area contributed by atoms with E-state index >= 15 is 0 Å². The van der Waals surface area contributed by atoms with Gasteiger partial charge in [-0.1, -0.05) is 31.8 Å². The Morgan fingerprint density at radius 3 is 2.81 bits per heavy atom. The zero-order chi connectivity index (χ0) is 19.2. The Hall–Kier alpha value is -2.05. The van der Waals surface area contributed by atoms with E-state index in [1.165, 1.54) is 12.8 Å². The van der Waals surface area contributed by atoms with Crippen LogP contribution in [0.1, 0.15) is 70.2 Å². The van der Waals surface area contributed by atoms with Gasteiger partial charge in [-0.25, -0.2) is 4.99 Å². The lowest BCUT2D eigenvalue weighted by molar-refractivity contribution is -0.134. The lowest BCUT2D eigenvalue weighted by Gasteiger charge is -2.21. The fourth-order valence-corrected chi connectivity index (χ4v) is 3.86. The Morgan fingerprint density at radius 1 is 1.37 bits per heavy atom. The molecule has 2 aliphatic rings. The largest absolute Gasteiger partial charge is 0.359 e. The summed E-state index contributed by atoms with van der Waals surface area (Å²) in [6, 6.07) is 2.21. The van der Waals surface area contributed by atoms with Crippen LogP contribution in [0.3, 0.4) is 0 Å². The summed E-state index contributed by atoms with van der Waals surface area (Å²) in [4.78, 5) is 19.3. The maximum Gasteiger partial charge on any atom is 0.225 e. The van der Waals surface area contributed by atoms with E-state index in [9.17, 15) is 4.79 Å². The number of nitrogens with one attached hydrogen (secondary N) is 2. The van der Waals surface area contributed by atoms with E-state index < -0.39 is 0 Å². The van der Waals surface area contributed by atoms with Crippen LogP contribution >= 0.6 is 0 Å². The van der Waals surface area contributed by atoms with Crippen molar-refractivity contribution in [3.05, 3.63) is 17.5 Å². The van der Waals surface area contributed by atoms with Crippen molar-refractivity contribution in [2.45, 2.75) is 71.4 Å². The molecular weight excluding hydrogens is 342 g/mol. The lowest BCUT2D eigenvalue weighted by atomic mass is 10.1. The first-order valence-electron chi connectivity index (χ1n) is 10.4. The Kier molecular flexibility index (Phi) is 6.74. The summed E-state index contributed by atoms with van der Waals surface area (Å²) in [6.07, 6.45) is 5.48. The fourth-order valence-electron chi connectivity index (χ4n) is 3.86. The molecule has 0 spiro atoms. The van der Waals surface area contributed by atoms with Crippen LogP contribution in [0.15, 0.2) is 15.6 Å². The quantitative estimate of drug-likeness (QED) is 0.590. The molecule has 1 aliphatic carbocycles. The number of aromatic nitrogens is 1. The molecule has 1 atom stereocenters. The molecule has 150 valence electrons. The third kappa shape index (κ3) is 5.23. The van der Waals surface area contributed by atoms with Crippen molar-refractivity contribution in [3.8, 4) is 0 Å². The van der Waals surface area contributed by atoms with E-state index in [2.05, 4.69) is 34.6 Å². The molecule has 1 aromatic heterocycles. The molecule has 2 fully saturated rings. The van der Waals surface area contributed by atoms with Gasteiger partial charge in [-0.2, -0.15) is 0 Å². The minimum absolute atomic E-state index is 0.245. The number of carbonyl (C=O) groups is 1. The summed E-state index contributed by atoms with van der Waals surface area (Å²) >= 11 is 0. The fraction of sp³-hybridized carbons (Fsp3) is 0.750. The third-order valence-corrected chi connectivity index (χ3v) is 5.45. The second-order valence-corrected chi connectivity index (χ2v) is 7.96. The number of nitrogens with zero attached hydrogens (tertiary/aromatic N) is 3. The van der Waals surface area contributed by atoms with Gasteiger partial charge in [0, 0.05) is 37.7 Å². The molecule has 1 saturated heterocycles. The molecule has 1 aromatic rings. The van der Waals surface area contributed by atoms with Gasteiger partial charge in [0.05, 0.1) is 5.69 Å². The molecule has 2 heterocycles. The molecular formula is C20H33N5O2. The second-order valence-electron chi connectivity index (χ2n) is 7.96. The summed E-state index contributed by atoms with van der Waals surface area (Å²) in [5.41, 5.74) is 0.954. The topological polar surface area (TPSA) is 82.8 Å². The molecule has 1 unspecified atom stereocenters. The van der Waals surface area contributed by atoms with E-state index in [1.54, 1.807) is 0 Å². The van der Waals surface area contributed by atoms with Gasteiger partial charge in [-0.05, 0) is 32.1 Å². The first-order chi connectivity index (χ1) is 13.1. The maximum absolute atomic E-state index is 12.6. The van der Waals surface area contributed by atoms with Crippen LogP contribution in [0.4, 0.5) is 0 Å². The Balaban J connectivity index is 1.53. The van der Waals surface area contributed by atoms with Crippen molar-refractivity contribution < 1.29 is 9.32 Å².